The molecular weight excluding hydrogens is 388 g/mol. The van der Waals surface area contributed by atoms with Crippen molar-refractivity contribution in [2.24, 2.45) is 0 Å². The van der Waals surface area contributed by atoms with E-state index in [0.29, 0.717) is 30.0 Å². The maximum absolute atomic E-state index is 14.0. The number of ether oxygens (including phenoxy) is 2. The molecule has 1 amide bonds. The number of hydrogen-bond donors (Lipinski definition) is 1. The van der Waals surface area contributed by atoms with Gasteiger partial charge < -0.3 is 14.8 Å². The lowest BCUT2D eigenvalue weighted by molar-refractivity contribution is -0.118. The lowest BCUT2D eigenvalue weighted by Gasteiger charge is -2.26. The van der Waals surface area contributed by atoms with E-state index in [4.69, 9.17) is 9.47 Å². The van der Waals surface area contributed by atoms with E-state index in [1.165, 1.54) is 31.1 Å². The Morgan fingerprint density at radius 2 is 1.87 bits per heavy atom. The summed E-state index contributed by atoms with van der Waals surface area (Å²) in [7, 11) is 1.62. The first-order valence-corrected chi connectivity index (χ1v) is 10.3. The summed E-state index contributed by atoms with van der Waals surface area (Å²) in [6, 6.07) is 9.19. The third-order valence-electron chi connectivity index (χ3n) is 5.81. The zero-order chi connectivity index (χ0) is 21.1. The van der Waals surface area contributed by atoms with Gasteiger partial charge in [-0.25, -0.2) is 8.78 Å². The molecule has 1 heterocycles. The molecule has 1 saturated heterocycles. The second kappa shape index (κ2) is 8.86. The molecular formula is C24H25F2NO3. The Labute approximate surface area is 174 Å². The van der Waals surface area contributed by atoms with Crippen LogP contribution < -0.4 is 14.8 Å². The molecule has 0 bridgehead atoms. The summed E-state index contributed by atoms with van der Waals surface area (Å²) >= 11 is 0. The number of benzene rings is 2. The van der Waals surface area contributed by atoms with E-state index in [1.54, 1.807) is 7.11 Å². The lowest BCUT2D eigenvalue weighted by atomic mass is 9.87. The zero-order valence-electron chi connectivity index (χ0n) is 16.9. The molecule has 2 aliphatic rings. The molecule has 2 fully saturated rings. The van der Waals surface area contributed by atoms with Gasteiger partial charge >= 0.3 is 0 Å². The molecule has 1 N–H and O–H groups in total. The average molecular weight is 413 g/mol. The number of carbonyl (C=O) groups excluding carboxylic acids is 1. The molecule has 2 aromatic carbocycles. The Kier molecular flexibility index (Phi) is 6.02. The molecule has 1 saturated carbocycles. The summed E-state index contributed by atoms with van der Waals surface area (Å²) in [4.78, 5) is 12.3. The summed E-state index contributed by atoms with van der Waals surface area (Å²) in [5.41, 5.74) is 1.68. The number of piperidine rings is 1. The first-order chi connectivity index (χ1) is 14.5. The highest BCUT2D eigenvalue weighted by molar-refractivity contribution is 5.98. The lowest BCUT2D eigenvalue weighted by Crippen LogP contribution is -2.35. The molecule has 4 rings (SSSR count). The topological polar surface area (TPSA) is 47.6 Å². The Morgan fingerprint density at radius 3 is 2.60 bits per heavy atom. The van der Waals surface area contributed by atoms with Gasteiger partial charge in [-0.3, -0.25) is 4.79 Å². The van der Waals surface area contributed by atoms with Gasteiger partial charge in [-0.05, 0) is 68.0 Å². The van der Waals surface area contributed by atoms with Crippen LogP contribution in [0.2, 0.25) is 0 Å². The fraction of sp³-hybridized carbons (Fsp3) is 0.375. The molecule has 30 heavy (non-hydrogen) atoms. The summed E-state index contributed by atoms with van der Waals surface area (Å²) in [5, 5.41) is 2.88. The molecule has 1 aliphatic carbocycles. The van der Waals surface area contributed by atoms with Gasteiger partial charge in [-0.1, -0.05) is 6.07 Å². The van der Waals surface area contributed by atoms with Crippen LogP contribution >= 0.6 is 0 Å². The number of carbonyl (C=O) groups is 1. The molecule has 0 radical (unpaired) electrons. The van der Waals surface area contributed by atoms with Gasteiger partial charge in [0.2, 0.25) is 5.91 Å². The molecule has 158 valence electrons. The first kappa shape index (κ1) is 20.4. The SMILES string of the molecule is COc1ccc(C2CNC(=O)C(=Cc3ccc(F)cc3F)C2)cc1OC1CCCC1. The van der Waals surface area contributed by atoms with Gasteiger partial charge in [0.05, 0.1) is 13.2 Å². The minimum Gasteiger partial charge on any atom is -0.493 e. The highest BCUT2D eigenvalue weighted by Crippen LogP contribution is 2.36. The van der Waals surface area contributed by atoms with Crippen molar-refractivity contribution in [2.75, 3.05) is 13.7 Å². The number of amides is 1. The fourth-order valence-corrected chi connectivity index (χ4v) is 4.15. The molecule has 1 unspecified atom stereocenters. The summed E-state index contributed by atoms with van der Waals surface area (Å²) < 4.78 is 38.9. The van der Waals surface area contributed by atoms with Crippen LogP contribution in [-0.2, 0) is 4.79 Å². The highest BCUT2D eigenvalue weighted by Gasteiger charge is 2.26. The van der Waals surface area contributed by atoms with Crippen LogP contribution in [0, 0.1) is 11.6 Å². The molecule has 0 aromatic heterocycles. The van der Waals surface area contributed by atoms with E-state index < -0.39 is 11.6 Å². The third kappa shape index (κ3) is 4.48. The van der Waals surface area contributed by atoms with E-state index in [0.717, 1.165) is 24.5 Å². The standard InChI is InChI=1S/C24H25F2NO3/c1-29-22-9-7-15(12-23(22)30-20-4-2-3-5-20)18-11-17(24(28)27-14-18)10-16-6-8-19(25)13-21(16)26/h6-10,12-13,18,20H,2-5,11,14H2,1H3,(H,27,28). The van der Waals surface area contributed by atoms with Crippen molar-refractivity contribution in [1.82, 2.24) is 5.32 Å². The largest absolute Gasteiger partial charge is 0.493 e. The van der Waals surface area contributed by atoms with Gasteiger partial charge in [0.25, 0.3) is 0 Å². The second-order valence-electron chi connectivity index (χ2n) is 7.88. The number of methoxy groups -OCH3 is 1. The zero-order valence-corrected chi connectivity index (χ0v) is 16.9. The van der Waals surface area contributed by atoms with E-state index in [2.05, 4.69) is 5.32 Å². The fourth-order valence-electron chi connectivity index (χ4n) is 4.15. The Balaban J connectivity index is 1.57. The van der Waals surface area contributed by atoms with E-state index in [9.17, 15) is 13.6 Å². The van der Waals surface area contributed by atoms with E-state index in [-0.39, 0.29) is 23.5 Å². The quantitative estimate of drug-likeness (QED) is 0.703. The minimum atomic E-state index is -0.686. The number of hydrogen-bond acceptors (Lipinski definition) is 3. The van der Waals surface area contributed by atoms with Crippen molar-refractivity contribution in [1.29, 1.82) is 0 Å². The van der Waals surface area contributed by atoms with Crippen LogP contribution in [0.5, 0.6) is 11.5 Å². The van der Waals surface area contributed by atoms with Crippen LogP contribution in [-0.4, -0.2) is 25.7 Å². The average Bonchev–Trinajstić information content (AvgIpc) is 3.24. The van der Waals surface area contributed by atoms with Gasteiger partial charge in [-0.15, -0.1) is 0 Å². The Hall–Kier alpha value is -2.89. The van der Waals surface area contributed by atoms with Crippen LogP contribution in [0.3, 0.4) is 0 Å². The summed E-state index contributed by atoms with van der Waals surface area (Å²) in [5.74, 6) is -0.133. The van der Waals surface area contributed by atoms with Gasteiger partial charge in [-0.2, -0.15) is 0 Å². The van der Waals surface area contributed by atoms with E-state index >= 15 is 0 Å². The maximum Gasteiger partial charge on any atom is 0.247 e. The molecule has 0 spiro atoms. The van der Waals surface area contributed by atoms with Crippen LogP contribution in [0.15, 0.2) is 42.0 Å². The number of rotatable bonds is 5. The molecule has 1 aliphatic heterocycles. The van der Waals surface area contributed by atoms with Gasteiger partial charge in [0, 0.05) is 29.7 Å². The van der Waals surface area contributed by atoms with Crippen molar-refractivity contribution in [3.8, 4) is 11.5 Å². The van der Waals surface area contributed by atoms with Crippen molar-refractivity contribution >= 4 is 12.0 Å². The maximum atomic E-state index is 14.0. The second-order valence-corrected chi connectivity index (χ2v) is 7.88. The van der Waals surface area contributed by atoms with Crippen LogP contribution in [0.4, 0.5) is 8.78 Å². The number of nitrogens with one attached hydrogen (secondary N) is 1. The third-order valence-corrected chi connectivity index (χ3v) is 5.81. The molecule has 4 nitrogen and oxygen atoms in total. The van der Waals surface area contributed by atoms with Crippen LogP contribution in [0.25, 0.3) is 6.08 Å². The predicted octanol–water partition coefficient (Wildman–Crippen LogP) is 4.98. The number of halogens is 2. The summed E-state index contributed by atoms with van der Waals surface area (Å²) in [6.07, 6.45) is 6.60. The van der Waals surface area contributed by atoms with Crippen molar-refractivity contribution in [3.63, 3.8) is 0 Å². The Morgan fingerprint density at radius 1 is 1.07 bits per heavy atom. The van der Waals surface area contributed by atoms with Gasteiger partial charge in [0.1, 0.15) is 11.6 Å². The Bertz CT molecular complexity index is 967. The molecule has 1 atom stereocenters. The van der Waals surface area contributed by atoms with E-state index in [1.807, 2.05) is 18.2 Å². The molecule has 6 heteroatoms. The first-order valence-electron chi connectivity index (χ1n) is 10.3. The predicted molar refractivity (Wildman–Crippen MR) is 111 cm³/mol. The van der Waals surface area contributed by atoms with Gasteiger partial charge in [0.15, 0.2) is 11.5 Å². The monoisotopic (exact) mass is 413 g/mol. The summed E-state index contributed by atoms with van der Waals surface area (Å²) in [6.45, 7) is 0.483. The van der Waals surface area contributed by atoms with Crippen molar-refractivity contribution in [2.45, 2.75) is 44.1 Å². The smallest absolute Gasteiger partial charge is 0.247 e. The van der Waals surface area contributed by atoms with Crippen LogP contribution in [0.1, 0.15) is 49.1 Å². The van der Waals surface area contributed by atoms with Crippen molar-refractivity contribution in [3.05, 3.63) is 64.7 Å². The molecule has 2 aromatic rings. The normalized spacial score (nSPS) is 21.0. The van der Waals surface area contributed by atoms with Crippen molar-refractivity contribution < 1.29 is 23.0 Å². The highest BCUT2D eigenvalue weighted by atomic mass is 19.1. The minimum absolute atomic E-state index is 0.0225.